The Morgan fingerprint density at radius 3 is 1.60 bits per heavy atom. The van der Waals surface area contributed by atoms with Gasteiger partial charge in [0.15, 0.2) is 0 Å². The molecule has 4 aliphatic rings. The Balaban J connectivity index is 0.000000803. The van der Waals surface area contributed by atoms with Crippen molar-refractivity contribution >= 4 is 31.8 Å². The summed E-state index contributed by atoms with van der Waals surface area (Å²) in [4.78, 5) is 0. The van der Waals surface area contributed by atoms with Crippen molar-refractivity contribution in [1.82, 2.24) is 0 Å². The van der Waals surface area contributed by atoms with E-state index >= 15 is 0 Å². The SMILES string of the molecule is C1CCCC1.Cc1cc(C)cc([P@](c2cc(C)cc(C(F)(F)F)c2)[C@H](C)C2CCCC2c2ccccc2P(C2CCCCC2)C2CCCCC2)c1.[Fe]. The predicted molar refractivity (Wildman–Crippen MR) is 218 cm³/mol. The van der Waals surface area contributed by atoms with Gasteiger partial charge in [0.25, 0.3) is 0 Å². The zero-order chi connectivity index (χ0) is 36.0. The van der Waals surface area contributed by atoms with E-state index in [4.69, 9.17) is 0 Å². The summed E-state index contributed by atoms with van der Waals surface area (Å²) in [7, 11) is -1.22. The number of alkyl halides is 3. The zero-order valence-corrected chi connectivity index (χ0v) is 35.2. The van der Waals surface area contributed by atoms with E-state index in [1.165, 1.54) is 138 Å². The minimum atomic E-state index is -4.35. The average molecular weight is 791 g/mol. The second-order valence-corrected chi connectivity index (χ2v) is 21.9. The maximum Gasteiger partial charge on any atom is 0.416 e. The molecule has 4 aliphatic carbocycles. The van der Waals surface area contributed by atoms with Crippen LogP contribution >= 0.6 is 15.8 Å². The average Bonchev–Trinajstić information content (AvgIpc) is 3.85. The van der Waals surface area contributed by atoms with E-state index in [9.17, 15) is 13.2 Å². The van der Waals surface area contributed by atoms with Crippen LogP contribution < -0.4 is 15.9 Å². The van der Waals surface area contributed by atoms with Gasteiger partial charge in [-0.3, -0.25) is 0 Å². The van der Waals surface area contributed by atoms with Gasteiger partial charge >= 0.3 is 6.18 Å². The Morgan fingerprint density at radius 1 is 0.577 bits per heavy atom. The molecule has 4 saturated carbocycles. The molecule has 7 rings (SSSR count). The summed E-state index contributed by atoms with van der Waals surface area (Å²) in [5, 5.41) is 3.81. The second kappa shape index (κ2) is 19.6. The molecule has 52 heavy (non-hydrogen) atoms. The van der Waals surface area contributed by atoms with Crippen LogP contribution in [0.3, 0.4) is 0 Å². The molecule has 3 aromatic carbocycles. The summed E-state index contributed by atoms with van der Waals surface area (Å²) in [6.45, 7) is 8.46. The van der Waals surface area contributed by atoms with Gasteiger partial charge < -0.3 is 0 Å². The van der Waals surface area contributed by atoms with Crippen molar-refractivity contribution in [3.8, 4) is 0 Å². The molecule has 0 amide bonds. The van der Waals surface area contributed by atoms with Gasteiger partial charge in [0.1, 0.15) is 0 Å². The zero-order valence-electron chi connectivity index (χ0n) is 32.3. The number of halogens is 3. The molecule has 286 valence electrons. The standard InChI is InChI=1S/C41H53F3P2.C5H10.Fe/c1-28-22-29(2)25-35(24-28)45(36-26-30(3)23-32(27-36)41(42,43)44)31(4)37-19-13-20-38(37)39-18-11-12-21-40(39)46(33-14-7-5-8-15-33)34-16-9-6-10-17-34;1-2-4-5-3-1;/h11-12,18,21-27,31,33-34,37-38H,5-10,13-17,19-20H2,1-4H3;1-5H2;/t31-,37?,38?,45-;;/m1../s1. The quantitative estimate of drug-likeness (QED) is 0.157. The fraction of sp³-hybridized carbons (Fsp3) is 0.609. The van der Waals surface area contributed by atoms with Crippen LogP contribution in [0.2, 0.25) is 0 Å². The first-order valence-corrected chi connectivity index (χ1v) is 23.4. The third-order valence-electron chi connectivity index (χ3n) is 12.5. The molecule has 0 bridgehead atoms. The van der Waals surface area contributed by atoms with Crippen molar-refractivity contribution in [1.29, 1.82) is 0 Å². The van der Waals surface area contributed by atoms with Crippen molar-refractivity contribution in [3.05, 3.63) is 88.5 Å². The summed E-state index contributed by atoms with van der Waals surface area (Å²) in [5.41, 5.74) is 6.16. The van der Waals surface area contributed by atoms with E-state index in [1.54, 1.807) is 10.9 Å². The molecule has 0 nitrogen and oxygen atoms in total. The van der Waals surface area contributed by atoms with Gasteiger partial charge in [0.2, 0.25) is 0 Å². The number of rotatable bonds is 8. The summed E-state index contributed by atoms with van der Waals surface area (Å²) in [6.07, 6.45) is 20.6. The maximum absolute atomic E-state index is 14.2. The molecular weight excluding hydrogens is 727 g/mol. The maximum atomic E-state index is 14.2. The largest absolute Gasteiger partial charge is 0.416 e. The third-order valence-corrected chi connectivity index (χ3v) is 18.9. The Kier molecular flexibility index (Phi) is 15.8. The van der Waals surface area contributed by atoms with Gasteiger partial charge in [-0.25, -0.2) is 0 Å². The fourth-order valence-corrected chi connectivity index (χ4v) is 17.6. The minimum absolute atomic E-state index is 0. The Morgan fingerprint density at radius 2 is 1.06 bits per heavy atom. The molecular formula is C46H63F3FeP2. The molecule has 0 N–H and O–H groups in total. The van der Waals surface area contributed by atoms with Crippen LogP contribution in [0.1, 0.15) is 156 Å². The summed E-state index contributed by atoms with van der Waals surface area (Å²) >= 11 is 0. The molecule has 6 heteroatoms. The second-order valence-electron chi connectivity index (χ2n) is 16.5. The smallest absolute Gasteiger partial charge is 0.166 e. The van der Waals surface area contributed by atoms with Gasteiger partial charge in [0.05, 0.1) is 5.56 Å². The summed E-state index contributed by atoms with van der Waals surface area (Å²) < 4.78 is 42.5. The number of hydrogen-bond donors (Lipinski definition) is 0. The van der Waals surface area contributed by atoms with Crippen molar-refractivity contribution in [3.63, 3.8) is 0 Å². The van der Waals surface area contributed by atoms with Crippen LogP contribution in [-0.2, 0) is 23.2 Å². The summed E-state index contributed by atoms with van der Waals surface area (Å²) in [6, 6.07) is 21.1. The molecule has 0 aromatic heterocycles. The Labute approximate surface area is 327 Å². The van der Waals surface area contributed by atoms with Gasteiger partial charge in [-0.15, -0.1) is 0 Å². The Hall–Kier alpha value is -1.17. The summed E-state index contributed by atoms with van der Waals surface area (Å²) in [5.74, 6) is 0.934. The predicted octanol–water partition coefficient (Wildman–Crippen LogP) is 13.8. The molecule has 4 atom stereocenters. The Bertz CT molecular complexity index is 1510. The van der Waals surface area contributed by atoms with Crippen LogP contribution in [0.4, 0.5) is 13.2 Å². The van der Waals surface area contributed by atoms with Gasteiger partial charge in [-0.2, -0.15) is 13.2 Å². The van der Waals surface area contributed by atoms with Gasteiger partial charge in [0, 0.05) is 17.1 Å². The van der Waals surface area contributed by atoms with Crippen LogP contribution in [0.25, 0.3) is 0 Å². The first kappa shape index (κ1) is 42.0. The third kappa shape index (κ3) is 10.6. The van der Waals surface area contributed by atoms with Crippen molar-refractivity contribution in [2.75, 3.05) is 0 Å². The van der Waals surface area contributed by atoms with Crippen molar-refractivity contribution < 1.29 is 30.2 Å². The first-order chi connectivity index (χ1) is 24.6. The molecule has 0 aliphatic heterocycles. The number of benzene rings is 3. The van der Waals surface area contributed by atoms with Crippen LogP contribution in [0.5, 0.6) is 0 Å². The molecule has 0 spiro atoms. The fourth-order valence-electron chi connectivity index (χ4n) is 10.2. The van der Waals surface area contributed by atoms with Gasteiger partial charge in [-0.05, 0) is 135 Å². The van der Waals surface area contributed by atoms with Crippen LogP contribution in [0.15, 0.2) is 60.7 Å². The minimum Gasteiger partial charge on any atom is -0.166 e. The first-order valence-electron chi connectivity index (χ1n) is 20.5. The van der Waals surface area contributed by atoms with E-state index in [0.717, 1.165) is 23.0 Å². The molecule has 0 radical (unpaired) electrons. The number of hydrogen-bond acceptors (Lipinski definition) is 0. The topological polar surface area (TPSA) is 0 Å². The van der Waals surface area contributed by atoms with E-state index < -0.39 is 19.7 Å². The van der Waals surface area contributed by atoms with E-state index in [1.807, 2.05) is 6.92 Å². The van der Waals surface area contributed by atoms with E-state index in [2.05, 4.69) is 69.3 Å². The van der Waals surface area contributed by atoms with E-state index in [0.29, 0.717) is 17.4 Å². The van der Waals surface area contributed by atoms with Gasteiger partial charge in [-0.1, -0.05) is 152 Å². The molecule has 0 saturated heterocycles. The normalized spacial score (nSPS) is 22.8. The molecule has 4 fully saturated rings. The molecule has 2 unspecified atom stereocenters. The van der Waals surface area contributed by atoms with Crippen LogP contribution in [0, 0.1) is 26.7 Å². The molecule has 3 aromatic rings. The van der Waals surface area contributed by atoms with E-state index in [-0.39, 0.29) is 30.6 Å². The monoisotopic (exact) mass is 790 g/mol. The van der Waals surface area contributed by atoms with Crippen LogP contribution in [-0.4, -0.2) is 17.0 Å². The van der Waals surface area contributed by atoms with Crippen molar-refractivity contribution in [2.45, 2.75) is 172 Å². The van der Waals surface area contributed by atoms with Crippen molar-refractivity contribution in [2.24, 2.45) is 5.92 Å². The molecule has 0 heterocycles. The number of aryl methyl sites for hydroxylation is 3.